The van der Waals surface area contributed by atoms with Crippen LogP contribution >= 0.6 is 0 Å². The van der Waals surface area contributed by atoms with Crippen LogP contribution in [0.25, 0.3) is 0 Å². The van der Waals surface area contributed by atoms with Crippen LogP contribution in [0.3, 0.4) is 0 Å². The smallest absolute Gasteiger partial charge is 0.278 e. The first kappa shape index (κ1) is 13.6. The van der Waals surface area contributed by atoms with Gasteiger partial charge in [0.05, 0.1) is 32.7 Å². The van der Waals surface area contributed by atoms with Crippen LogP contribution in [0.5, 0.6) is 17.5 Å². The van der Waals surface area contributed by atoms with E-state index in [1.165, 1.54) is 26.4 Å². The number of methoxy groups -OCH3 is 2. The Kier molecular flexibility index (Phi) is 3.60. The van der Waals surface area contributed by atoms with Crippen molar-refractivity contribution >= 4 is 0 Å². The maximum absolute atomic E-state index is 13.2. The summed E-state index contributed by atoms with van der Waals surface area (Å²) in [6.45, 7) is 0.431. The molecule has 0 spiro atoms. The summed E-state index contributed by atoms with van der Waals surface area (Å²) >= 11 is 0. The molecule has 110 valence electrons. The van der Waals surface area contributed by atoms with Gasteiger partial charge in [0.25, 0.3) is 11.8 Å². The molecule has 0 saturated heterocycles. The molecule has 3 rings (SSSR count). The van der Waals surface area contributed by atoms with Crippen LogP contribution < -0.4 is 14.2 Å². The Morgan fingerprint density at radius 1 is 1.24 bits per heavy atom. The van der Waals surface area contributed by atoms with Gasteiger partial charge in [0.1, 0.15) is 11.6 Å². The van der Waals surface area contributed by atoms with Crippen molar-refractivity contribution in [3.05, 3.63) is 41.5 Å². The molecule has 5 nitrogen and oxygen atoms in total. The first-order valence-electron chi connectivity index (χ1n) is 6.57. The quantitative estimate of drug-likeness (QED) is 0.868. The highest BCUT2D eigenvalue weighted by molar-refractivity contribution is 5.38. The third-order valence-electron chi connectivity index (χ3n) is 3.47. The lowest BCUT2D eigenvalue weighted by Crippen LogP contribution is -2.20. The van der Waals surface area contributed by atoms with Crippen molar-refractivity contribution in [2.45, 2.75) is 12.3 Å². The zero-order valence-electron chi connectivity index (χ0n) is 11.8. The van der Waals surface area contributed by atoms with Crippen LogP contribution in [-0.2, 0) is 6.42 Å². The Labute approximate surface area is 121 Å². The van der Waals surface area contributed by atoms with E-state index in [0.717, 1.165) is 17.7 Å². The Morgan fingerprint density at radius 2 is 2.05 bits per heavy atom. The van der Waals surface area contributed by atoms with E-state index in [-0.39, 0.29) is 11.7 Å². The van der Waals surface area contributed by atoms with E-state index in [1.54, 1.807) is 12.3 Å². The minimum absolute atomic E-state index is 0.0512. The Morgan fingerprint density at radius 3 is 2.81 bits per heavy atom. The number of halogens is 1. The fourth-order valence-corrected chi connectivity index (χ4v) is 2.38. The standard InChI is InChI=1S/C15H15FN2O3/c1-19-14-15(20-2)18-12(7-17-14)10-5-9-3-4-11(16)6-13(9)21-8-10/h3-4,6-7,10H,5,8H2,1-2H3. The maximum atomic E-state index is 13.2. The van der Waals surface area contributed by atoms with Gasteiger partial charge in [-0.15, -0.1) is 0 Å². The lowest BCUT2D eigenvalue weighted by molar-refractivity contribution is 0.256. The SMILES string of the molecule is COc1ncc(C2COc3cc(F)ccc3C2)nc1OC. The summed E-state index contributed by atoms with van der Waals surface area (Å²) in [6, 6.07) is 4.59. The number of rotatable bonds is 3. The number of hydrogen-bond donors (Lipinski definition) is 0. The fraction of sp³-hybridized carbons (Fsp3) is 0.333. The first-order valence-corrected chi connectivity index (χ1v) is 6.57. The minimum Gasteiger partial charge on any atom is -0.492 e. The van der Waals surface area contributed by atoms with Gasteiger partial charge in [0, 0.05) is 12.0 Å². The molecule has 1 aliphatic rings. The van der Waals surface area contributed by atoms with Crippen molar-refractivity contribution in [3.8, 4) is 17.5 Å². The second-order valence-electron chi connectivity index (χ2n) is 4.78. The highest BCUT2D eigenvalue weighted by atomic mass is 19.1. The van der Waals surface area contributed by atoms with Crippen LogP contribution in [0.2, 0.25) is 0 Å². The lowest BCUT2D eigenvalue weighted by atomic mass is 9.94. The number of fused-ring (bicyclic) bond motifs is 1. The van der Waals surface area contributed by atoms with Crippen LogP contribution in [-0.4, -0.2) is 30.8 Å². The summed E-state index contributed by atoms with van der Waals surface area (Å²) < 4.78 is 29.0. The van der Waals surface area contributed by atoms with Crippen molar-refractivity contribution in [3.63, 3.8) is 0 Å². The zero-order chi connectivity index (χ0) is 14.8. The highest BCUT2D eigenvalue weighted by Gasteiger charge is 2.24. The Bertz CT molecular complexity index is 663. The van der Waals surface area contributed by atoms with E-state index in [4.69, 9.17) is 14.2 Å². The fourth-order valence-electron chi connectivity index (χ4n) is 2.38. The molecular formula is C15H15FN2O3. The van der Waals surface area contributed by atoms with E-state index in [2.05, 4.69) is 9.97 Å². The van der Waals surface area contributed by atoms with E-state index in [1.807, 2.05) is 0 Å². The maximum Gasteiger partial charge on any atom is 0.278 e. The van der Waals surface area contributed by atoms with Crippen LogP contribution in [0.15, 0.2) is 24.4 Å². The summed E-state index contributed by atoms with van der Waals surface area (Å²) in [5.41, 5.74) is 1.73. The molecule has 6 heteroatoms. The predicted molar refractivity (Wildman–Crippen MR) is 73.5 cm³/mol. The molecule has 0 N–H and O–H groups in total. The van der Waals surface area contributed by atoms with Crippen molar-refractivity contribution in [1.82, 2.24) is 9.97 Å². The van der Waals surface area contributed by atoms with Gasteiger partial charge in [0.2, 0.25) is 0 Å². The summed E-state index contributed by atoms with van der Waals surface area (Å²) in [4.78, 5) is 8.60. The van der Waals surface area contributed by atoms with Gasteiger partial charge in [-0.2, -0.15) is 0 Å². The molecule has 1 aromatic heterocycles. The summed E-state index contributed by atoms with van der Waals surface area (Å²) in [7, 11) is 3.03. The van der Waals surface area contributed by atoms with Crippen molar-refractivity contribution in [1.29, 1.82) is 0 Å². The van der Waals surface area contributed by atoms with Crippen molar-refractivity contribution in [2.24, 2.45) is 0 Å². The highest BCUT2D eigenvalue weighted by Crippen LogP contribution is 2.33. The molecule has 0 radical (unpaired) electrons. The second-order valence-corrected chi connectivity index (χ2v) is 4.78. The van der Waals surface area contributed by atoms with Gasteiger partial charge in [0.15, 0.2) is 0 Å². The summed E-state index contributed by atoms with van der Waals surface area (Å²) in [5.74, 6) is 1.05. The molecule has 0 amide bonds. The van der Waals surface area contributed by atoms with Gasteiger partial charge in [-0.25, -0.2) is 14.4 Å². The molecule has 0 saturated carbocycles. The average Bonchev–Trinajstić information content (AvgIpc) is 2.53. The molecule has 1 aliphatic heterocycles. The first-order chi connectivity index (χ1) is 10.2. The normalized spacial score (nSPS) is 16.8. The monoisotopic (exact) mass is 290 g/mol. The lowest BCUT2D eigenvalue weighted by Gasteiger charge is -2.25. The van der Waals surface area contributed by atoms with Gasteiger partial charge in [-0.3, -0.25) is 0 Å². The third kappa shape index (κ3) is 2.61. The average molecular weight is 290 g/mol. The van der Waals surface area contributed by atoms with Crippen molar-refractivity contribution < 1.29 is 18.6 Å². The predicted octanol–water partition coefficient (Wildman–Crippen LogP) is 2.35. The van der Waals surface area contributed by atoms with Crippen molar-refractivity contribution in [2.75, 3.05) is 20.8 Å². The molecule has 1 unspecified atom stereocenters. The zero-order valence-corrected chi connectivity index (χ0v) is 11.8. The minimum atomic E-state index is -0.293. The molecular weight excluding hydrogens is 275 g/mol. The molecule has 2 aromatic rings. The number of aromatic nitrogens is 2. The molecule has 0 bridgehead atoms. The Balaban J connectivity index is 1.87. The molecule has 0 fully saturated rings. The molecule has 1 aromatic carbocycles. The largest absolute Gasteiger partial charge is 0.492 e. The molecule has 0 aliphatic carbocycles. The van der Waals surface area contributed by atoms with Gasteiger partial charge < -0.3 is 14.2 Å². The molecule has 1 atom stereocenters. The number of ether oxygens (including phenoxy) is 3. The Hall–Kier alpha value is -2.37. The summed E-state index contributed by atoms with van der Waals surface area (Å²) in [6.07, 6.45) is 2.38. The van der Waals surface area contributed by atoms with E-state index < -0.39 is 0 Å². The van der Waals surface area contributed by atoms with Crippen LogP contribution in [0.4, 0.5) is 4.39 Å². The van der Waals surface area contributed by atoms with E-state index >= 15 is 0 Å². The van der Waals surface area contributed by atoms with Gasteiger partial charge in [-0.1, -0.05) is 6.07 Å². The topological polar surface area (TPSA) is 53.5 Å². The van der Waals surface area contributed by atoms with Gasteiger partial charge in [-0.05, 0) is 18.1 Å². The molecule has 21 heavy (non-hydrogen) atoms. The third-order valence-corrected chi connectivity index (χ3v) is 3.47. The second kappa shape index (κ2) is 5.55. The number of hydrogen-bond acceptors (Lipinski definition) is 5. The van der Waals surface area contributed by atoms with E-state index in [9.17, 15) is 4.39 Å². The van der Waals surface area contributed by atoms with Gasteiger partial charge >= 0.3 is 0 Å². The van der Waals surface area contributed by atoms with Crippen LogP contribution in [0.1, 0.15) is 17.2 Å². The van der Waals surface area contributed by atoms with E-state index in [0.29, 0.717) is 24.1 Å². The summed E-state index contributed by atoms with van der Waals surface area (Å²) in [5, 5.41) is 0. The number of nitrogens with zero attached hydrogens (tertiary/aromatic N) is 2. The van der Waals surface area contributed by atoms with Crippen LogP contribution in [0, 0.1) is 5.82 Å². The number of benzene rings is 1. The molecule has 2 heterocycles.